The molecule has 1 aromatic heterocycles. The van der Waals surface area contributed by atoms with Crippen LogP contribution in [0, 0.1) is 0 Å². The quantitative estimate of drug-likeness (QED) is 0.494. The lowest BCUT2D eigenvalue weighted by Gasteiger charge is -2.06. The number of sulfone groups is 1. The van der Waals surface area contributed by atoms with Gasteiger partial charge in [0.2, 0.25) is 0 Å². The minimum atomic E-state index is -3.32. The van der Waals surface area contributed by atoms with E-state index in [1.54, 1.807) is 0 Å². The van der Waals surface area contributed by atoms with Gasteiger partial charge < -0.3 is 14.0 Å². The van der Waals surface area contributed by atoms with Crippen LogP contribution < -0.4 is 9.54 Å². The van der Waals surface area contributed by atoms with E-state index in [0.29, 0.717) is 36.7 Å². The smallest absolute Gasteiger partial charge is 0.279 e. The monoisotopic (exact) mass is 448 g/mol. The molecule has 30 heavy (non-hydrogen) atoms. The molecule has 2 aromatic carbocycles. The van der Waals surface area contributed by atoms with Crippen molar-refractivity contribution in [3.05, 3.63) is 52.8 Å². The van der Waals surface area contributed by atoms with Gasteiger partial charge in [-0.1, -0.05) is 11.3 Å². The molecule has 0 spiro atoms. The predicted octanol–water partition coefficient (Wildman–Crippen LogP) is 3.28. The average molecular weight is 449 g/mol. The van der Waals surface area contributed by atoms with Gasteiger partial charge in [0.05, 0.1) is 28.3 Å². The number of aromatic nitrogens is 1. The number of thiazole rings is 1. The second-order valence-electron chi connectivity index (χ2n) is 6.51. The number of ether oxygens (including phenoxy) is 2. The van der Waals surface area contributed by atoms with E-state index in [0.717, 1.165) is 22.2 Å². The van der Waals surface area contributed by atoms with Gasteiger partial charge in [0.25, 0.3) is 5.91 Å². The van der Waals surface area contributed by atoms with Crippen molar-refractivity contribution in [2.75, 3.05) is 26.1 Å². The van der Waals surface area contributed by atoms with E-state index in [-0.39, 0.29) is 4.90 Å². The third kappa shape index (κ3) is 5.16. The number of fused-ring (bicyclic) bond motifs is 1. The van der Waals surface area contributed by atoms with Crippen molar-refractivity contribution in [1.82, 2.24) is 4.57 Å². The fourth-order valence-electron chi connectivity index (χ4n) is 2.91. The average Bonchev–Trinajstić information content (AvgIpc) is 3.04. The number of carbonyl (C=O) groups excluding carboxylic acids is 1. The summed E-state index contributed by atoms with van der Waals surface area (Å²) in [7, 11) is -3.32. The Bertz CT molecular complexity index is 1210. The van der Waals surface area contributed by atoms with Gasteiger partial charge in [0.1, 0.15) is 5.75 Å². The first-order chi connectivity index (χ1) is 14.3. The molecule has 0 bridgehead atoms. The van der Waals surface area contributed by atoms with Crippen LogP contribution in [0.15, 0.2) is 52.4 Å². The molecular weight excluding hydrogens is 424 g/mol. The zero-order valence-corrected chi connectivity index (χ0v) is 18.8. The van der Waals surface area contributed by atoms with Crippen molar-refractivity contribution in [3.63, 3.8) is 0 Å². The molecule has 160 valence electrons. The molecule has 3 rings (SSSR count). The molecule has 1 amide bonds. The van der Waals surface area contributed by atoms with E-state index in [4.69, 9.17) is 9.47 Å². The normalized spacial score (nSPS) is 12.4. The van der Waals surface area contributed by atoms with Crippen molar-refractivity contribution in [2.24, 2.45) is 4.99 Å². The fraction of sp³-hybridized carbons (Fsp3) is 0.333. The van der Waals surface area contributed by atoms with Crippen LogP contribution in [0.2, 0.25) is 0 Å². The Labute approximate surface area is 179 Å². The van der Waals surface area contributed by atoms with E-state index in [1.165, 1.54) is 35.6 Å². The van der Waals surface area contributed by atoms with Crippen molar-refractivity contribution in [2.45, 2.75) is 25.3 Å². The Morgan fingerprint density at radius 1 is 1.10 bits per heavy atom. The molecular formula is C21H24N2O5S2. The number of rotatable bonds is 8. The summed E-state index contributed by atoms with van der Waals surface area (Å²) in [6.45, 7) is 6.09. The molecule has 0 aliphatic carbocycles. The largest absolute Gasteiger partial charge is 0.494 e. The van der Waals surface area contributed by atoms with Crippen molar-refractivity contribution >= 4 is 37.3 Å². The molecule has 7 nitrogen and oxygen atoms in total. The maximum absolute atomic E-state index is 12.7. The van der Waals surface area contributed by atoms with Gasteiger partial charge >= 0.3 is 0 Å². The van der Waals surface area contributed by atoms with E-state index < -0.39 is 15.7 Å². The van der Waals surface area contributed by atoms with Crippen LogP contribution in [0.1, 0.15) is 24.2 Å². The third-order valence-corrected chi connectivity index (χ3v) is 6.52. The van der Waals surface area contributed by atoms with Crippen molar-refractivity contribution in [3.8, 4) is 5.75 Å². The second-order valence-corrected chi connectivity index (χ2v) is 9.53. The Kier molecular flexibility index (Phi) is 7.06. The standard InChI is InChI=1S/C21H24N2O5S2/c1-4-27-13-12-23-18-11-8-16(28-5-2)14-19(18)29-21(23)22-20(24)15-6-9-17(10-7-15)30(3,25)26/h6-11,14H,4-5,12-13H2,1-3H3. The van der Waals surface area contributed by atoms with Gasteiger partial charge in [0, 0.05) is 25.0 Å². The first-order valence-corrected chi connectivity index (χ1v) is 12.3. The predicted molar refractivity (Wildman–Crippen MR) is 117 cm³/mol. The summed E-state index contributed by atoms with van der Waals surface area (Å²) in [4.78, 5) is 17.7. The van der Waals surface area contributed by atoms with Gasteiger partial charge in [-0.3, -0.25) is 4.79 Å². The molecule has 0 radical (unpaired) electrons. The summed E-state index contributed by atoms with van der Waals surface area (Å²) < 4.78 is 37.2. The van der Waals surface area contributed by atoms with E-state index in [1.807, 2.05) is 36.6 Å². The molecule has 0 saturated heterocycles. The maximum Gasteiger partial charge on any atom is 0.279 e. The van der Waals surface area contributed by atoms with Crippen LogP contribution in [-0.2, 0) is 21.1 Å². The number of hydrogen-bond acceptors (Lipinski definition) is 6. The third-order valence-electron chi connectivity index (χ3n) is 4.36. The number of amides is 1. The summed E-state index contributed by atoms with van der Waals surface area (Å²) in [6.07, 6.45) is 1.13. The minimum absolute atomic E-state index is 0.163. The topological polar surface area (TPSA) is 87.0 Å². The molecule has 9 heteroatoms. The Morgan fingerprint density at radius 3 is 2.47 bits per heavy atom. The first kappa shape index (κ1) is 22.2. The molecule has 0 atom stereocenters. The van der Waals surface area contributed by atoms with Gasteiger partial charge in [-0.15, -0.1) is 0 Å². The maximum atomic E-state index is 12.7. The molecule has 1 heterocycles. The highest BCUT2D eigenvalue weighted by molar-refractivity contribution is 7.90. The van der Waals surface area contributed by atoms with Gasteiger partial charge in [-0.05, 0) is 56.3 Å². The van der Waals surface area contributed by atoms with Crippen LogP contribution in [0.25, 0.3) is 10.2 Å². The highest BCUT2D eigenvalue weighted by atomic mass is 32.2. The van der Waals surface area contributed by atoms with E-state index in [2.05, 4.69) is 4.99 Å². The van der Waals surface area contributed by atoms with Crippen LogP contribution in [0.3, 0.4) is 0 Å². The lowest BCUT2D eigenvalue weighted by Crippen LogP contribution is -2.19. The van der Waals surface area contributed by atoms with Gasteiger partial charge in [0.15, 0.2) is 14.6 Å². The van der Waals surface area contributed by atoms with Gasteiger partial charge in [-0.2, -0.15) is 4.99 Å². The number of nitrogens with zero attached hydrogens (tertiary/aromatic N) is 2. The van der Waals surface area contributed by atoms with Crippen LogP contribution in [0.4, 0.5) is 0 Å². The lowest BCUT2D eigenvalue weighted by molar-refractivity contribution is 0.0996. The van der Waals surface area contributed by atoms with Crippen molar-refractivity contribution in [1.29, 1.82) is 0 Å². The lowest BCUT2D eigenvalue weighted by atomic mass is 10.2. The van der Waals surface area contributed by atoms with Crippen LogP contribution >= 0.6 is 11.3 Å². The van der Waals surface area contributed by atoms with E-state index in [9.17, 15) is 13.2 Å². The highest BCUT2D eigenvalue weighted by Crippen LogP contribution is 2.23. The summed E-state index contributed by atoms with van der Waals surface area (Å²) in [5, 5.41) is 0. The van der Waals surface area contributed by atoms with E-state index >= 15 is 0 Å². The summed E-state index contributed by atoms with van der Waals surface area (Å²) in [5.41, 5.74) is 1.27. The Morgan fingerprint density at radius 2 is 1.83 bits per heavy atom. The molecule has 0 saturated carbocycles. The minimum Gasteiger partial charge on any atom is -0.494 e. The highest BCUT2D eigenvalue weighted by Gasteiger charge is 2.12. The number of carbonyl (C=O) groups is 1. The zero-order valence-electron chi connectivity index (χ0n) is 17.1. The second kappa shape index (κ2) is 9.55. The SMILES string of the molecule is CCOCCn1c(=NC(=O)c2ccc(S(C)(=O)=O)cc2)sc2cc(OCC)ccc21. The molecule has 0 aliphatic rings. The molecule has 0 aliphatic heterocycles. The van der Waals surface area contributed by atoms with Crippen LogP contribution in [0.5, 0.6) is 5.75 Å². The molecule has 3 aromatic rings. The van der Waals surface area contributed by atoms with Crippen LogP contribution in [-0.4, -0.2) is 45.0 Å². The van der Waals surface area contributed by atoms with Crippen molar-refractivity contribution < 1.29 is 22.7 Å². The summed E-state index contributed by atoms with van der Waals surface area (Å²) in [5.74, 6) is 0.328. The first-order valence-electron chi connectivity index (χ1n) is 9.56. The van der Waals surface area contributed by atoms with Gasteiger partial charge in [-0.25, -0.2) is 8.42 Å². The fourth-order valence-corrected chi connectivity index (χ4v) is 4.62. The zero-order chi connectivity index (χ0) is 21.7. The Hall–Kier alpha value is -2.49. The molecule has 0 unspecified atom stereocenters. The summed E-state index contributed by atoms with van der Waals surface area (Å²) in [6, 6.07) is 11.6. The number of hydrogen-bond donors (Lipinski definition) is 0. The molecule has 0 N–H and O–H groups in total. The molecule has 0 fully saturated rings. The summed E-state index contributed by atoms with van der Waals surface area (Å²) >= 11 is 1.40. The number of benzene rings is 2. The Balaban J connectivity index is 2.02.